The molecular weight excluding hydrogens is 534 g/mol. The zero-order chi connectivity index (χ0) is 28.4. The number of carboxylic acid groups (broad SMARTS) is 1. The van der Waals surface area contributed by atoms with Crippen LogP contribution < -0.4 is 4.74 Å². The van der Waals surface area contributed by atoms with Crippen LogP contribution >= 0.6 is 11.6 Å². The highest BCUT2D eigenvalue weighted by atomic mass is 35.5. The highest BCUT2D eigenvalue weighted by Crippen LogP contribution is 2.25. The smallest absolute Gasteiger partial charge is 0.339 e. The first-order chi connectivity index (χ1) is 20.0. The summed E-state index contributed by atoms with van der Waals surface area (Å²) < 4.78 is 12.3. The summed E-state index contributed by atoms with van der Waals surface area (Å²) in [6.45, 7) is 0.711. The van der Waals surface area contributed by atoms with Gasteiger partial charge in [-0.15, -0.1) is 0 Å². The van der Waals surface area contributed by atoms with Crippen LogP contribution in [0.3, 0.4) is 0 Å². The van der Waals surface area contributed by atoms with E-state index < -0.39 is 5.97 Å². The van der Waals surface area contributed by atoms with E-state index in [1.807, 2.05) is 78.9 Å². The van der Waals surface area contributed by atoms with Crippen molar-refractivity contribution in [2.75, 3.05) is 13.2 Å². The van der Waals surface area contributed by atoms with E-state index in [0.717, 1.165) is 40.6 Å². The van der Waals surface area contributed by atoms with Crippen LogP contribution in [-0.4, -0.2) is 29.3 Å². The van der Waals surface area contributed by atoms with Crippen molar-refractivity contribution in [1.29, 1.82) is 0 Å². The summed E-state index contributed by atoms with van der Waals surface area (Å²) in [6, 6.07) is 34.7. The Hall–Kier alpha value is -4.45. The summed E-state index contributed by atoms with van der Waals surface area (Å²) in [4.78, 5) is 16.4. The topological polar surface area (TPSA) is 68.7 Å². The number of rotatable bonds is 12. The van der Waals surface area contributed by atoms with Crippen LogP contribution in [0.25, 0.3) is 23.1 Å². The SMILES string of the molecule is O=C(O)c1ccccc1OCC(OCCCc1ccccc1)c1cccc(/C=C/c2ccc3ccc(Cl)cc3n2)c1. The second kappa shape index (κ2) is 13.8. The molecule has 0 aliphatic carbocycles. The van der Waals surface area contributed by atoms with Crippen LogP contribution in [0.15, 0.2) is 109 Å². The lowest BCUT2D eigenvalue weighted by Gasteiger charge is -2.20. The number of fused-ring (bicyclic) bond motifs is 1. The van der Waals surface area contributed by atoms with Gasteiger partial charge in [0.2, 0.25) is 0 Å². The fourth-order valence-corrected chi connectivity index (χ4v) is 4.73. The molecular formula is C35H30ClNO4. The van der Waals surface area contributed by atoms with E-state index in [2.05, 4.69) is 18.2 Å². The van der Waals surface area contributed by atoms with Gasteiger partial charge in [0.1, 0.15) is 24.0 Å². The number of ether oxygens (including phenoxy) is 2. The summed E-state index contributed by atoms with van der Waals surface area (Å²) in [7, 11) is 0. The summed E-state index contributed by atoms with van der Waals surface area (Å²) >= 11 is 6.15. The molecule has 0 aliphatic heterocycles. The maximum Gasteiger partial charge on any atom is 0.339 e. The summed E-state index contributed by atoms with van der Waals surface area (Å²) in [5.74, 6) is -0.714. The number of aromatic nitrogens is 1. The van der Waals surface area contributed by atoms with Crippen molar-refractivity contribution in [1.82, 2.24) is 4.98 Å². The van der Waals surface area contributed by atoms with Crippen molar-refractivity contribution in [3.63, 3.8) is 0 Å². The van der Waals surface area contributed by atoms with E-state index in [1.165, 1.54) is 11.6 Å². The van der Waals surface area contributed by atoms with Gasteiger partial charge in [-0.2, -0.15) is 0 Å². The van der Waals surface area contributed by atoms with Crippen LogP contribution in [0.4, 0.5) is 0 Å². The van der Waals surface area contributed by atoms with Gasteiger partial charge in [0.25, 0.3) is 0 Å². The number of halogens is 1. The molecule has 1 aromatic heterocycles. The Labute approximate surface area is 244 Å². The van der Waals surface area contributed by atoms with Crippen molar-refractivity contribution >= 4 is 40.6 Å². The summed E-state index contributed by atoms with van der Waals surface area (Å²) in [6.07, 6.45) is 5.35. The van der Waals surface area contributed by atoms with Gasteiger partial charge < -0.3 is 14.6 Å². The van der Waals surface area contributed by atoms with Crippen LogP contribution in [-0.2, 0) is 11.2 Å². The molecule has 0 aliphatic rings. The van der Waals surface area contributed by atoms with E-state index in [-0.39, 0.29) is 18.3 Å². The van der Waals surface area contributed by atoms with Crippen molar-refractivity contribution in [3.8, 4) is 5.75 Å². The molecule has 5 aromatic rings. The molecule has 41 heavy (non-hydrogen) atoms. The zero-order valence-corrected chi connectivity index (χ0v) is 23.2. The van der Waals surface area contributed by atoms with Gasteiger partial charge in [-0.05, 0) is 72.0 Å². The maximum absolute atomic E-state index is 11.7. The van der Waals surface area contributed by atoms with Gasteiger partial charge >= 0.3 is 5.97 Å². The fourth-order valence-electron chi connectivity index (χ4n) is 4.57. The van der Waals surface area contributed by atoms with Crippen molar-refractivity contribution in [2.45, 2.75) is 18.9 Å². The van der Waals surface area contributed by atoms with Gasteiger partial charge in [-0.1, -0.05) is 90.5 Å². The zero-order valence-electron chi connectivity index (χ0n) is 22.4. The molecule has 1 heterocycles. The predicted octanol–water partition coefficient (Wildman–Crippen LogP) is 8.53. The third-order valence-corrected chi connectivity index (χ3v) is 6.92. The molecule has 5 nitrogen and oxygen atoms in total. The first kappa shape index (κ1) is 28.1. The maximum atomic E-state index is 11.7. The molecule has 6 heteroatoms. The lowest BCUT2D eigenvalue weighted by Crippen LogP contribution is -2.16. The molecule has 0 radical (unpaired) electrons. The first-order valence-electron chi connectivity index (χ1n) is 13.5. The van der Waals surface area contributed by atoms with E-state index in [9.17, 15) is 9.90 Å². The molecule has 0 fully saturated rings. The summed E-state index contributed by atoms with van der Waals surface area (Å²) in [5.41, 5.74) is 4.98. The second-order valence-corrected chi connectivity index (χ2v) is 10.1. The monoisotopic (exact) mass is 563 g/mol. The number of pyridine rings is 1. The largest absolute Gasteiger partial charge is 0.490 e. The Bertz CT molecular complexity index is 1650. The molecule has 0 saturated heterocycles. The number of carbonyl (C=O) groups is 1. The Kier molecular flexibility index (Phi) is 9.42. The minimum Gasteiger partial charge on any atom is -0.490 e. The molecule has 1 atom stereocenters. The number of hydrogen-bond donors (Lipinski definition) is 1. The van der Waals surface area contributed by atoms with E-state index in [0.29, 0.717) is 17.4 Å². The standard InChI is InChI=1S/C35H30ClNO4/c36-29-18-16-27-17-20-30(37-32(27)23-29)19-15-26-10-6-12-28(22-26)34(40-21-7-11-25-8-2-1-3-9-25)24-41-33-14-5-4-13-31(33)35(38)39/h1-6,8-10,12-20,22-23,34H,7,11,21,24H2,(H,38,39)/b19-15+. The molecule has 0 spiro atoms. The molecule has 206 valence electrons. The van der Waals surface area contributed by atoms with E-state index in [4.69, 9.17) is 26.1 Å². The molecule has 4 aromatic carbocycles. The normalized spacial score (nSPS) is 12.0. The van der Waals surface area contributed by atoms with Crippen molar-refractivity contribution in [2.24, 2.45) is 0 Å². The lowest BCUT2D eigenvalue weighted by atomic mass is 10.1. The van der Waals surface area contributed by atoms with Crippen LogP contribution in [0.2, 0.25) is 5.02 Å². The van der Waals surface area contributed by atoms with Gasteiger partial charge in [-0.25, -0.2) is 9.78 Å². The predicted molar refractivity (Wildman–Crippen MR) is 164 cm³/mol. The van der Waals surface area contributed by atoms with Crippen LogP contribution in [0.1, 0.15) is 45.3 Å². The Balaban J connectivity index is 1.32. The average molecular weight is 564 g/mol. The number of aryl methyl sites for hydroxylation is 1. The van der Waals surface area contributed by atoms with E-state index >= 15 is 0 Å². The minimum absolute atomic E-state index is 0.121. The molecule has 5 rings (SSSR count). The van der Waals surface area contributed by atoms with Crippen LogP contribution in [0.5, 0.6) is 5.75 Å². The number of para-hydroxylation sites is 1. The Morgan fingerprint density at radius 2 is 1.68 bits per heavy atom. The average Bonchev–Trinajstić information content (AvgIpc) is 3.00. The number of nitrogens with zero attached hydrogens (tertiary/aromatic N) is 1. The quantitative estimate of drug-likeness (QED) is 0.154. The molecule has 0 bridgehead atoms. The molecule has 1 unspecified atom stereocenters. The van der Waals surface area contributed by atoms with Gasteiger partial charge in [-0.3, -0.25) is 0 Å². The first-order valence-corrected chi connectivity index (χ1v) is 13.9. The van der Waals surface area contributed by atoms with Gasteiger partial charge in [0.05, 0.1) is 11.2 Å². The molecule has 0 saturated carbocycles. The number of benzene rings is 4. The fraction of sp³-hybridized carbons (Fsp3) is 0.143. The van der Waals surface area contributed by atoms with Crippen molar-refractivity contribution < 1.29 is 19.4 Å². The van der Waals surface area contributed by atoms with Gasteiger partial charge in [0, 0.05) is 17.0 Å². The molecule has 1 N–H and O–H groups in total. The van der Waals surface area contributed by atoms with Crippen molar-refractivity contribution in [3.05, 3.63) is 142 Å². The third kappa shape index (κ3) is 7.82. The van der Waals surface area contributed by atoms with Crippen LogP contribution in [0, 0.1) is 0 Å². The molecule has 0 amide bonds. The minimum atomic E-state index is -1.03. The van der Waals surface area contributed by atoms with Gasteiger partial charge in [0.15, 0.2) is 0 Å². The Morgan fingerprint density at radius 1 is 0.878 bits per heavy atom. The highest BCUT2D eigenvalue weighted by molar-refractivity contribution is 6.31. The number of aromatic carboxylic acids is 1. The number of carboxylic acids is 1. The highest BCUT2D eigenvalue weighted by Gasteiger charge is 2.17. The third-order valence-electron chi connectivity index (χ3n) is 6.68. The lowest BCUT2D eigenvalue weighted by molar-refractivity contribution is 0.0174. The Morgan fingerprint density at radius 3 is 2.54 bits per heavy atom. The second-order valence-electron chi connectivity index (χ2n) is 9.64. The number of hydrogen-bond acceptors (Lipinski definition) is 4. The van der Waals surface area contributed by atoms with E-state index in [1.54, 1.807) is 18.2 Å². The summed E-state index contributed by atoms with van der Waals surface area (Å²) in [5, 5.41) is 11.2.